The molecule has 24 heavy (non-hydrogen) atoms. The highest BCUT2D eigenvalue weighted by Gasteiger charge is 2.15. The summed E-state index contributed by atoms with van der Waals surface area (Å²) in [6.07, 6.45) is 1.47. The summed E-state index contributed by atoms with van der Waals surface area (Å²) >= 11 is 0. The summed E-state index contributed by atoms with van der Waals surface area (Å²) in [5.41, 5.74) is 0.435. The van der Waals surface area contributed by atoms with E-state index in [-0.39, 0.29) is 23.4 Å². The van der Waals surface area contributed by atoms with Gasteiger partial charge in [-0.15, -0.1) is 6.58 Å². The number of nitrogens with zero attached hydrogens (tertiary/aromatic N) is 1. The topological polar surface area (TPSA) is 78.5 Å². The summed E-state index contributed by atoms with van der Waals surface area (Å²) in [6.45, 7) is 12.3. The first-order chi connectivity index (χ1) is 11.4. The minimum absolute atomic E-state index is 0.123. The monoisotopic (exact) mass is 353 g/mol. The molecule has 7 heteroatoms. The first-order valence-corrected chi connectivity index (χ1v) is 9.56. The Labute approximate surface area is 145 Å². The molecule has 0 bridgehead atoms. The van der Waals surface area contributed by atoms with E-state index in [4.69, 9.17) is 0 Å². The Morgan fingerprint density at radius 3 is 2.33 bits per heavy atom. The van der Waals surface area contributed by atoms with E-state index in [0.29, 0.717) is 12.1 Å². The van der Waals surface area contributed by atoms with Gasteiger partial charge in [-0.2, -0.15) is 0 Å². The number of rotatable bonds is 10. The van der Waals surface area contributed by atoms with Crippen LogP contribution < -0.4 is 10.0 Å². The van der Waals surface area contributed by atoms with Crippen molar-refractivity contribution in [2.75, 3.05) is 26.2 Å². The summed E-state index contributed by atoms with van der Waals surface area (Å²) in [7, 11) is -3.57. The summed E-state index contributed by atoms with van der Waals surface area (Å²) in [6, 6.07) is 6.12. The molecule has 1 aromatic carbocycles. The zero-order valence-corrected chi connectivity index (χ0v) is 15.4. The Morgan fingerprint density at radius 2 is 1.83 bits per heavy atom. The number of sulfonamides is 1. The molecule has 1 unspecified atom stereocenters. The minimum Gasteiger partial charge on any atom is -0.350 e. The van der Waals surface area contributed by atoms with E-state index in [1.54, 1.807) is 0 Å². The van der Waals surface area contributed by atoms with Crippen molar-refractivity contribution < 1.29 is 13.2 Å². The van der Waals surface area contributed by atoms with Gasteiger partial charge in [0.15, 0.2) is 0 Å². The quantitative estimate of drug-likeness (QED) is 0.627. The number of likely N-dealkylation sites (N-methyl/N-ethyl adjacent to an activating group) is 1. The molecule has 1 aromatic rings. The zero-order chi connectivity index (χ0) is 18.2. The molecule has 0 aliphatic heterocycles. The highest BCUT2D eigenvalue weighted by molar-refractivity contribution is 7.89. The lowest BCUT2D eigenvalue weighted by Gasteiger charge is -2.26. The molecule has 0 saturated carbocycles. The van der Waals surface area contributed by atoms with Gasteiger partial charge in [0.2, 0.25) is 10.0 Å². The number of hydrogen-bond acceptors (Lipinski definition) is 4. The van der Waals surface area contributed by atoms with E-state index >= 15 is 0 Å². The summed E-state index contributed by atoms with van der Waals surface area (Å²) in [5, 5.41) is 2.88. The normalized spacial score (nSPS) is 12.8. The number of hydrogen-bond donors (Lipinski definition) is 2. The fourth-order valence-electron chi connectivity index (χ4n) is 2.36. The molecular formula is C17H27N3O3S. The van der Waals surface area contributed by atoms with Gasteiger partial charge >= 0.3 is 0 Å². The third-order valence-electron chi connectivity index (χ3n) is 3.84. The smallest absolute Gasteiger partial charge is 0.251 e. The molecule has 0 fully saturated rings. The van der Waals surface area contributed by atoms with Crippen LogP contribution in [0, 0.1) is 0 Å². The van der Waals surface area contributed by atoms with E-state index in [1.165, 1.54) is 30.3 Å². The van der Waals surface area contributed by atoms with Crippen molar-refractivity contribution in [3.05, 3.63) is 42.5 Å². The predicted octanol–water partition coefficient (Wildman–Crippen LogP) is 1.61. The van der Waals surface area contributed by atoms with Gasteiger partial charge in [-0.05, 0) is 44.3 Å². The Balaban J connectivity index is 2.68. The average Bonchev–Trinajstić information content (AvgIpc) is 2.59. The summed E-state index contributed by atoms with van der Waals surface area (Å²) in [4.78, 5) is 14.5. The first-order valence-electron chi connectivity index (χ1n) is 8.08. The predicted molar refractivity (Wildman–Crippen MR) is 96.5 cm³/mol. The van der Waals surface area contributed by atoms with Crippen molar-refractivity contribution in [2.45, 2.75) is 31.7 Å². The van der Waals surface area contributed by atoms with Crippen molar-refractivity contribution in [3.8, 4) is 0 Å². The Hall–Kier alpha value is -1.70. The molecule has 0 aliphatic rings. The van der Waals surface area contributed by atoms with Gasteiger partial charge < -0.3 is 5.32 Å². The largest absolute Gasteiger partial charge is 0.350 e. The molecule has 0 aliphatic carbocycles. The molecule has 134 valence electrons. The van der Waals surface area contributed by atoms with E-state index in [2.05, 4.69) is 42.3 Å². The van der Waals surface area contributed by atoms with Gasteiger partial charge in [0.05, 0.1) is 4.90 Å². The molecule has 0 saturated heterocycles. The number of carbonyl (C=O) groups is 1. The maximum atomic E-state index is 12.2. The Kier molecular flexibility index (Phi) is 8.10. The highest BCUT2D eigenvalue weighted by atomic mass is 32.2. The van der Waals surface area contributed by atoms with E-state index in [1.807, 2.05) is 0 Å². The molecule has 1 amide bonds. The van der Waals surface area contributed by atoms with Crippen molar-refractivity contribution in [1.82, 2.24) is 14.9 Å². The lowest BCUT2D eigenvalue weighted by Crippen LogP contribution is -2.42. The second kappa shape index (κ2) is 9.56. The lowest BCUT2D eigenvalue weighted by atomic mass is 10.2. The van der Waals surface area contributed by atoms with Gasteiger partial charge in [-0.3, -0.25) is 9.69 Å². The van der Waals surface area contributed by atoms with E-state index in [9.17, 15) is 13.2 Å². The van der Waals surface area contributed by atoms with Crippen LogP contribution in [-0.2, 0) is 10.0 Å². The van der Waals surface area contributed by atoms with Crippen LogP contribution in [0.15, 0.2) is 41.8 Å². The molecule has 0 aromatic heterocycles. The fraction of sp³-hybridized carbons (Fsp3) is 0.471. The van der Waals surface area contributed by atoms with Crippen LogP contribution in [0.25, 0.3) is 0 Å². The van der Waals surface area contributed by atoms with Crippen LogP contribution in [0.2, 0.25) is 0 Å². The third kappa shape index (κ3) is 5.74. The SMILES string of the molecule is C=CCNS(=O)(=O)c1ccc(C(=O)NCC(C)N(CC)CC)cc1. The minimum atomic E-state index is -3.57. The maximum absolute atomic E-state index is 12.2. The number of carbonyl (C=O) groups excluding carboxylic acids is 1. The molecule has 2 N–H and O–H groups in total. The number of nitrogens with one attached hydrogen (secondary N) is 2. The van der Waals surface area contributed by atoms with E-state index in [0.717, 1.165) is 13.1 Å². The Morgan fingerprint density at radius 1 is 1.25 bits per heavy atom. The van der Waals surface area contributed by atoms with Gasteiger partial charge in [0, 0.05) is 24.7 Å². The van der Waals surface area contributed by atoms with Gasteiger partial charge in [-0.1, -0.05) is 19.9 Å². The number of benzene rings is 1. The molecule has 0 heterocycles. The van der Waals surface area contributed by atoms with Crippen molar-refractivity contribution in [1.29, 1.82) is 0 Å². The van der Waals surface area contributed by atoms with Gasteiger partial charge in [0.25, 0.3) is 5.91 Å². The molecular weight excluding hydrogens is 326 g/mol. The maximum Gasteiger partial charge on any atom is 0.251 e. The van der Waals surface area contributed by atoms with Crippen LogP contribution >= 0.6 is 0 Å². The van der Waals surface area contributed by atoms with Crippen LogP contribution in [0.3, 0.4) is 0 Å². The Bertz CT molecular complexity index is 638. The standard InChI is InChI=1S/C17H27N3O3S/c1-5-12-19-24(22,23)16-10-8-15(9-11-16)17(21)18-13-14(4)20(6-2)7-3/h5,8-11,14,19H,1,6-7,12-13H2,2-4H3,(H,18,21). The zero-order valence-electron chi connectivity index (χ0n) is 14.6. The molecule has 6 nitrogen and oxygen atoms in total. The third-order valence-corrected chi connectivity index (χ3v) is 5.28. The van der Waals surface area contributed by atoms with Crippen molar-refractivity contribution in [3.63, 3.8) is 0 Å². The second-order valence-corrected chi connectivity index (χ2v) is 7.21. The van der Waals surface area contributed by atoms with Gasteiger partial charge in [0.1, 0.15) is 0 Å². The van der Waals surface area contributed by atoms with Gasteiger partial charge in [-0.25, -0.2) is 13.1 Å². The molecule has 0 radical (unpaired) electrons. The van der Waals surface area contributed by atoms with Crippen LogP contribution in [0.1, 0.15) is 31.1 Å². The summed E-state index contributed by atoms with van der Waals surface area (Å²) in [5.74, 6) is -0.211. The highest BCUT2D eigenvalue weighted by Crippen LogP contribution is 2.10. The lowest BCUT2D eigenvalue weighted by molar-refractivity contribution is 0.0938. The molecule has 1 rings (SSSR count). The average molecular weight is 353 g/mol. The van der Waals surface area contributed by atoms with Crippen LogP contribution in [0.5, 0.6) is 0 Å². The van der Waals surface area contributed by atoms with Crippen molar-refractivity contribution in [2.24, 2.45) is 0 Å². The van der Waals surface area contributed by atoms with E-state index < -0.39 is 10.0 Å². The second-order valence-electron chi connectivity index (χ2n) is 5.45. The summed E-state index contributed by atoms with van der Waals surface area (Å²) < 4.78 is 26.3. The van der Waals surface area contributed by atoms with Crippen LogP contribution in [0.4, 0.5) is 0 Å². The van der Waals surface area contributed by atoms with Crippen LogP contribution in [-0.4, -0.2) is 51.4 Å². The molecule has 0 spiro atoms. The number of amides is 1. The van der Waals surface area contributed by atoms with Crippen molar-refractivity contribution >= 4 is 15.9 Å². The molecule has 1 atom stereocenters. The fourth-order valence-corrected chi connectivity index (χ4v) is 3.35. The first kappa shape index (κ1) is 20.3.